The van der Waals surface area contributed by atoms with E-state index in [2.05, 4.69) is 93.5 Å². The number of ketones is 2. The first-order valence-corrected chi connectivity index (χ1v) is 27.2. The molecule has 0 radical (unpaired) electrons. The van der Waals surface area contributed by atoms with Crippen molar-refractivity contribution in [2.24, 2.45) is 92.7 Å². The third kappa shape index (κ3) is 7.37. The summed E-state index contributed by atoms with van der Waals surface area (Å²) in [7, 11) is 0. The molecule has 8 aliphatic carbocycles. The van der Waals surface area contributed by atoms with Gasteiger partial charge in [0.2, 0.25) is 0 Å². The summed E-state index contributed by atoms with van der Waals surface area (Å²) >= 11 is 0. The van der Waals surface area contributed by atoms with Crippen molar-refractivity contribution >= 4 is 22.7 Å². The van der Waals surface area contributed by atoms with Gasteiger partial charge >= 0.3 is 0 Å². The van der Waals surface area contributed by atoms with E-state index in [1.807, 2.05) is 0 Å². The molecule has 1 aromatic rings. The molecular weight excluding hydrogens is 753 g/mol. The lowest BCUT2D eigenvalue weighted by atomic mass is 9.45. The molecule has 1 aromatic carbocycles. The molecule has 62 heavy (non-hydrogen) atoms. The van der Waals surface area contributed by atoms with Crippen LogP contribution in [-0.2, 0) is 9.59 Å². The first-order valence-electron chi connectivity index (χ1n) is 27.2. The lowest BCUT2D eigenvalue weighted by molar-refractivity contribution is -0.117. The number of benzene rings is 1. The molecule has 0 aliphatic heterocycles. The number of allylic oxidation sites excluding steroid dienone is 2. The van der Waals surface area contributed by atoms with E-state index < -0.39 is 0 Å². The van der Waals surface area contributed by atoms with E-state index >= 15 is 0 Å². The second-order valence-electron chi connectivity index (χ2n) is 25.9. The van der Waals surface area contributed by atoms with Gasteiger partial charge in [-0.3, -0.25) is 9.59 Å². The smallest absolute Gasteiger partial charge is 0.163 e. The van der Waals surface area contributed by atoms with Crippen LogP contribution in [0.25, 0.3) is 11.1 Å². The second-order valence-corrected chi connectivity index (χ2v) is 25.9. The Morgan fingerprint density at radius 1 is 0.468 bits per heavy atom. The van der Waals surface area contributed by atoms with Crippen LogP contribution in [0, 0.1) is 92.7 Å². The molecule has 2 nitrogen and oxygen atoms in total. The standard InChI is InChI=1S/C60H90O2/c1-37(2)13-11-15-39(5)45-25-27-47-43-21-23-51-55(53(61)31-35-59(51,9)49(43)29-33-57(45,47)7)41-17-19-42(20-18-41)56-52-24-22-44-48-28-26-46(40(6)16-12-14-38(3)4)58(48,8)34-30-50(44)60(52,10)36-32-54(56)62/h17-20,37-40,43-50H,11-16,21-36H2,1-10H3/t39-,40-,43?,44?,45?,46?,47?,48?,49?,50?,57-,58-,59-,60-/m1/s1. The Kier molecular flexibility index (Phi) is 12.4. The lowest BCUT2D eigenvalue weighted by Crippen LogP contribution is -2.51. The summed E-state index contributed by atoms with van der Waals surface area (Å²) in [5.41, 5.74) is 8.58. The molecule has 342 valence electrons. The van der Waals surface area contributed by atoms with Crippen LogP contribution in [0.5, 0.6) is 0 Å². The van der Waals surface area contributed by atoms with Gasteiger partial charge in [0.05, 0.1) is 0 Å². The average molecular weight is 843 g/mol. The summed E-state index contributed by atoms with van der Waals surface area (Å²) in [5.74, 6) is 10.5. The fourth-order valence-corrected chi connectivity index (χ4v) is 19.0. The fraction of sp³-hybridized carbons (Fsp3) is 0.800. The van der Waals surface area contributed by atoms with E-state index in [0.29, 0.717) is 47.1 Å². The van der Waals surface area contributed by atoms with Gasteiger partial charge in [0.15, 0.2) is 11.6 Å². The van der Waals surface area contributed by atoms with Crippen molar-refractivity contribution < 1.29 is 9.59 Å². The number of rotatable bonds is 12. The van der Waals surface area contributed by atoms with Gasteiger partial charge in [-0.2, -0.15) is 0 Å². The summed E-state index contributed by atoms with van der Waals surface area (Å²) in [5, 5.41) is 0. The summed E-state index contributed by atoms with van der Waals surface area (Å²) in [6.45, 7) is 25.3. The molecule has 0 N–H and O–H groups in total. The van der Waals surface area contributed by atoms with Gasteiger partial charge in [-0.05, 0) is 194 Å². The number of hydrogen-bond acceptors (Lipinski definition) is 2. The van der Waals surface area contributed by atoms with E-state index in [1.165, 1.54) is 114 Å². The Bertz CT molecular complexity index is 1770. The summed E-state index contributed by atoms with van der Waals surface area (Å²) in [6.07, 6.45) is 27.6. The van der Waals surface area contributed by atoms with Crippen LogP contribution in [0.1, 0.15) is 222 Å². The molecule has 0 saturated heterocycles. The molecule has 0 heterocycles. The Morgan fingerprint density at radius 3 is 1.23 bits per heavy atom. The van der Waals surface area contributed by atoms with Crippen molar-refractivity contribution in [3.05, 3.63) is 46.5 Å². The number of Topliss-reactive ketones (excluding diaryl/α,β-unsaturated/α-hetero) is 2. The number of carbonyl (C=O) groups excluding carboxylic acids is 2. The van der Waals surface area contributed by atoms with Crippen molar-refractivity contribution in [1.82, 2.24) is 0 Å². The second kappa shape index (κ2) is 17.0. The Labute approximate surface area is 380 Å². The molecule has 6 fully saturated rings. The third-order valence-corrected chi connectivity index (χ3v) is 22.1. The molecule has 8 aliphatic rings. The van der Waals surface area contributed by atoms with Crippen LogP contribution in [0.3, 0.4) is 0 Å². The van der Waals surface area contributed by atoms with Gasteiger partial charge in [-0.1, -0.05) is 143 Å². The van der Waals surface area contributed by atoms with Crippen molar-refractivity contribution in [3.8, 4) is 0 Å². The van der Waals surface area contributed by atoms with Crippen LogP contribution < -0.4 is 0 Å². The predicted octanol–water partition coefficient (Wildman–Crippen LogP) is 16.6. The van der Waals surface area contributed by atoms with E-state index in [4.69, 9.17) is 0 Å². The molecule has 8 unspecified atom stereocenters. The van der Waals surface area contributed by atoms with E-state index in [1.54, 1.807) is 0 Å². The molecule has 14 atom stereocenters. The molecule has 2 heteroatoms. The highest BCUT2D eigenvalue weighted by Gasteiger charge is 2.62. The lowest BCUT2D eigenvalue weighted by Gasteiger charge is -2.59. The van der Waals surface area contributed by atoms with Gasteiger partial charge in [0.25, 0.3) is 0 Å². The minimum absolute atomic E-state index is 0.124. The van der Waals surface area contributed by atoms with E-state index in [0.717, 1.165) is 107 Å². The van der Waals surface area contributed by atoms with Crippen molar-refractivity contribution in [2.45, 2.75) is 210 Å². The molecule has 6 saturated carbocycles. The van der Waals surface area contributed by atoms with Crippen LogP contribution in [0.4, 0.5) is 0 Å². The van der Waals surface area contributed by atoms with Crippen LogP contribution in [-0.4, -0.2) is 11.6 Å². The maximum absolute atomic E-state index is 14.1. The summed E-state index contributed by atoms with van der Waals surface area (Å²) in [4.78, 5) is 28.3. The maximum Gasteiger partial charge on any atom is 0.163 e. The Morgan fingerprint density at radius 2 is 0.855 bits per heavy atom. The van der Waals surface area contributed by atoms with Crippen LogP contribution in [0.15, 0.2) is 35.4 Å². The van der Waals surface area contributed by atoms with Crippen LogP contribution >= 0.6 is 0 Å². The van der Waals surface area contributed by atoms with Gasteiger partial charge < -0.3 is 0 Å². The molecular formula is C60H90O2. The normalized spacial score (nSPS) is 41.4. The largest absolute Gasteiger partial charge is 0.294 e. The van der Waals surface area contributed by atoms with E-state index in [9.17, 15) is 9.59 Å². The Hall–Kier alpha value is -1.96. The summed E-state index contributed by atoms with van der Waals surface area (Å²) in [6, 6.07) is 9.05. The fourth-order valence-electron chi connectivity index (χ4n) is 19.0. The monoisotopic (exact) mass is 843 g/mol. The molecule has 9 rings (SSSR count). The zero-order valence-electron chi connectivity index (χ0n) is 41.6. The first kappa shape index (κ1) is 45.2. The van der Waals surface area contributed by atoms with Crippen molar-refractivity contribution in [2.75, 3.05) is 0 Å². The van der Waals surface area contributed by atoms with Crippen LogP contribution in [0.2, 0.25) is 0 Å². The predicted molar refractivity (Wildman–Crippen MR) is 260 cm³/mol. The van der Waals surface area contributed by atoms with Crippen molar-refractivity contribution in [1.29, 1.82) is 0 Å². The number of carbonyl (C=O) groups is 2. The molecule has 0 amide bonds. The van der Waals surface area contributed by atoms with Gasteiger partial charge in [0.1, 0.15) is 0 Å². The minimum Gasteiger partial charge on any atom is -0.294 e. The van der Waals surface area contributed by atoms with Gasteiger partial charge in [-0.25, -0.2) is 0 Å². The molecule has 0 bridgehead atoms. The highest BCUT2D eigenvalue weighted by Crippen LogP contribution is 2.70. The SMILES string of the molecule is CC(C)CCC[C@@H](C)C1CCC2C3CCC4=C(c5ccc(C6=C7CCC8C9CCC([C@H](C)CCCC(C)C)[C@@]9(C)CCC8[C@@]7(C)CCC6=O)cc5)C(=O)CC[C@]4(C)C3CC[C@@]21C. The number of fused-ring (bicyclic) bond motifs is 10. The minimum atomic E-state index is 0.124. The summed E-state index contributed by atoms with van der Waals surface area (Å²) < 4.78 is 0. The molecule has 0 spiro atoms. The van der Waals surface area contributed by atoms with Crippen molar-refractivity contribution in [3.63, 3.8) is 0 Å². The zero-order valence-corrected chi connectivity index (χ0v) is 41.6. The average Bonchev–Trinajstić information content (AvgIpc) is 3.78. The highest BCUT2D eigenvalue weighted by molar-refractivity contribution is 6.24. The number of hydrogen-bond donors (Lipinski definition) is 0. The van der Waals surface area contributed by atoms with Gasteiger partial charge in [0, 0.05) is 24.0 Å². The zero-order chi connectivity index (χ0) is 43.9. The highest BCUT2D eigenvalue weighted by atomic mass is 16.1. The molecule has 0 aromatic heterocycles. The van der Waals surface area contributed by atoms with E-state index in [-0.39, 0.29) is 10.8 Å². The Balaban J connectivity index is 0.937. The topological polar surface area (TPSA) is 34.1 Å². The maximum atomic E-state index is 14.1. The third-order valence-electron chi connectivity index (χ3n) is 22.1. The first-order chi connectivity index (χ1) is 29.5. The quantitative estimate of drug-likeness (QED) is 0.210. The van der Waals surface area contributed by atoms with Gasteiger partial charge in [-0.15, -0.1) is 0 Å².